The second-order valence-electron chi connectivity index (χ2n) is 6.43. The van der Waals surface area contributed by atoms with Gasteiger partial charge in [-0.3, -0.25) is 4.79 Å². The molecule has 27 heavy (non-hydrogen) atoms. The molecule has 1 amide bonds. The number of ether oxygens (including phenoxy) is 2. The molecule has 1 N–H and O–H groups in total. The fourth-order valence-corrected chi connectivity index (χ4v) is 3.66. The summed E-state index contributed by atoms with van der Waals surface area (Å²) in [4.78, 5) is 13.8. The zero-order valence-electron chi connectivity index (χ0n) is 16.7. The number of carbonyl (C=O) groups is 1. The van der Waals surface area contributed by atoms with Gasteiger partial charge in [0.25, 0.3) is 5.91 Å². The van der Waals surface area contributed by atoms with Gasteiger partial charge >= 0.3 is 0 Å². The van der Waals surface area contributed by atoms with Crippen LogP contribution in [-0.4, -0.2) is 24.4 Å². The lowest BCUT2D eigenvalue weighted by molar-refractivity contribution is 0.0937. The van der Waals surface area contributed by atoms with Gasteiger partial charge in [-0.05, 0) is 50.6 Å². The number of thioether (sulfide) groups is 1. The number of nitrogens with one attached hydrogen (secondary N) is 1. The highest BCUT2D eigenvalue weighted by Crippen LogP contribution is 2.31. The molecule has 2 rings (SSSR count). The van der Waals surface area contributed by atoms with Crippen molar-refractivity contribution in [2.24, 2.45) is 0 Å². The van der Waals surface area contributed by atoms with Gasteiger partial charge in [0, 0.05) is 10.1 Å². The summed E-state index contributed by atoms with van der Waals surface area (Å²) in [5.41, 5.74) is 1.68. The summed E-state index contributed by atoms with van der Waals surface area (Å²) < 4.78 is 11.3. The highest BCUT2D eigenvalue weighted by Gasteiger charge is 2.17. The molecule has 1 unspecified atom stereocenters. The molecule has 0 aliphatic rings. The molecule has 2 aromatic rings. The third-order valence-electron chi connectivity index (χ3n) is 3.91. The summed E-state index contributed by atoms with van der Waals surface area (Å²) in [6, 6.07) is 13.4. The minimum Gasteiger partial charge on any atom is -0.490 e. The van der Waals surface area contributed by atoms with Crippen LogP contribution in [0.3, 0.4) is 0 Å². The summed E-state index contributed by atoms with van der Waals surface area (Å²) in [6.45, 7) is 11.2. The molecule has 0 aromatic heterocycles. The zero-order valence-corrected chi connectivity index (χ0v) is 17.6. The van der Waals surface area contributed by atoms with E-state index in [0.717, 1.165) is 16.2 Å². The van der Waals surface area contributed by atoms with Crippen molar-refractivity contribution in [3.8, 4) is 11.5 Å². The Morgan fingerprint density at radius 3 is 2.33 bits per heavy atom. The normalized spacial score (nSPS) is 11.9. The fraction of sp³-hybridized carbons (Fsp3) is 0.409. The van der Waals surface area contributed by atoms with Crippen LogP contribution in [0, 0.1) is 0 Å². The van der Waals surface area contributed by atoms with Gasteiger partial charge < -0.3 is 14.8 Å². The molecule has 0 aliphatic carbocycles. The lowest BCUT2D eigenvalue weighted by Crippen LogP contribution is -2.27. The number of benzene rings is 2. The molecule has 0 radical (unpaired) electrons. The van der Waals surface area contributed by atoms with E-state index in [1.54, 1.807) is 11.8 Å². The van der Waals surface area contributed by atoms with Crippen LogP contribution in [0.1, 0.15) is 56.6 Å². The Labute approximate surface area is 166 Å². The first-order valence-electron chi connectivity index (χ1n) is 9.42. The zero-order chi connectivity index (χ0) is 19.8. The van der Waals surface area contributed by atoms with E-state index in [4.69, 9.17) is 9.47 Å². The van der Waals surface area contributed by atoms with Crippen molar-refractivity contribution in [1.82, 2.24) is 5.32 Å². The number of hydrogen-bond acceptors (Lipinski definition) is 4. The molecule has 2 aromatic carbocycles. The fourth-order valence-electron chi connectivity index (χ4n) is 2.71. The van der Waals surface area contributed by atoms with Crippen molar-refractivity contribution in [3.05, 3.63) is 53.6 Å². The van der Waals surface area contributed by atoms with Crippen LogP contribution in [0.5, 0.6) is 11.5 Å². The first-order valence-corrected chi connectivity index (χ1v) is 10.3. The minimum absolute atomic E-state index is 0.0712. The summed E-state index contributed by atoms with van der Waals surface area (Å²) in [7, 11) is 0. The topological polar surface area (TPSA) is 47.6 Å². The van der Waals surface area contributed by atoms with Gasteiger partial charge in [-0.2, -0.15) is 0 Å². The molecule has 146 valence electrons. The van der Waals surface area contributed by atoms with Crippen molar-refractivity contribution in [2.45, 2.75) is 50.8 Å². The largest absolute Gasteiger partial charge is 0.490 e. The Hall–Kier alpha value is -2.14. The molecule has 0 bridgehead atoms. The molecular formula is C22H29NO3S. The van der Waals surface area contributed by atoms with Gasteiger partial charge in [0.15, 0.2) is 11.5 Å². The molecular weight excluding hydrogens is 358 g/mol. The molecule has 0 spiro atoms. The smallest absolute Gasteiger partial charge is 0.252 e. The monoisotopic (exact) mass is 387 g/mol. The molecule has 0 aliphatic heterocycles. The molecule has 0 fully saturated rings. The van der Waals surface area contributed by atoms with E-state index < -0.39 is 0 Å². The third-order valence-corrected chi connectivity index (χ3v) is 4.99. The van der Waals surface area contributed by atoms with E-state index >= 15 is 0 Å². The average Bonchev–Trinajstić information content (AvgIpc) is 2.63. The summed E-state index contributed by atoms with van der Waals surface area (Å²) in [5, 5.41) is 3.51. The van der Waals surface area contributed by atoms with Crippen molar-refractivity contribution in [3.63, 3.8) is 0 Å². The highest BCUT2D eigenvalue weighted by atomic mass is 32.2. The Morgan fingerprint density at radius 1 is 1.00 bits per heavy atom. The van der Waals surface area contributed by atoms with Crippen LogP contribution in [-0.2, 0) is 0 Å². The molecule has 0 saturated heterocycles. The number of amides is 1. The number of carbonyl (C=O) groups excluding carboxylic acids is 1. The SMILES string of the molecule is CCOc1ccc(C(C)NC(=O)c2ccccc2SC(C)C)cc1OCC. The lowest BCUT2D eigenvalue weighted by Gasteiger charge is -2.18. The number of hydrogen-bond donors (Lipinski definition) is 1. The van der Waals surface area contributed by atoms with Crippen molar-refractivity contribution in [1.29, 1.82) is 0 Å². The van der Waals surface area contributed by atoms with Crippen LogP contribution in [0.4, 0.5) is 0 Å². The molecule has 0 saturated carbocycles. The van der Waals surface area contributed by atoms with E-state index in [9.17, 15) is 4.79 Å². The second-order valence-corrected chi connectivity index (χ2v) is 8.05. The van der Waals surface area contributed by atoms with Gasteiger partial charge in [-0.1, -0.05) is 32.0 Å². The maximum Gasteiger partial charge on any atom is 0.252 e. The quantitative estimate of drug-likeness (QED) is 0.579. The molecule has 0 heterocycles. The predicted octanol–water partition coefficient (Wildman–Crippen LogP) is 5.48. The molecule has 4 nitrogen and oxygen atoms in total. The van der Waals surface area contributed by atoms with Crippen LogP contribution < -0.4 is 14.8 Å². The first-order chi connectivity index (χ1) is 13.0. The van der Waals surface area contributed by atoms with Gasteiger partial charge in [0.2, 0.25) is 0 Å². The Morgan fingerprint density at radius 2 is 1.67 bits per heavy atom. The third kappa shape index (κ3) is 5.93. The van der Waals surface area contributed by atoms with Gasteiger partial charge in [-0.25, -0.2) is 0 Å². The van der Waals surface area contributed by atoms with Crippen molar-refractivity contribution >= 4 is 17.7 Å². The molecule has 5 heteroatoms. The maximum absolute atomic E-state index is 12.8. The maximum atomic E-state index is 12.8. The first kappa shape index (κ1) is 21.2. The minimum atomic E-state index is -0.149. The van der Waals surface area contributed by atoms with Crippen LogP contribution >= 0.6 is 11.8 Å². The van der Waals surface area contributed by atoms with Gasteiger partial charge in [-0.15, -0.1) is 11.8 Å². The summed E-state index contributed by atoms with van der Waals surface area (Å²) >= 11 is 1.70. The number of rotatable bonds is 9. The lowest BCUT2D eigenvalue weighted by atomic mass is 10.1. The van der Waals surface area contributed by atoms with Crippen molar-refractivity contribution < 1.29 is 14.3 Å². The van der Waals surface area contributed by atoms with Crippen LogP contribution in [0.25, 0.3) is 0 Å². The predicted molar refractivity (Wildman–Crippen MR) is 112 cm³/mol. The Bertz CT molecular complexity index is 761. The van der Waals surface area contributed by atoms with Gasteiger partial charge in [0.05, 0.1) is 24.8 Å². The summed E-state index contributed by atoms with van der Waals surface area (Å²) in [6.07, 6.45) is 0. The van der Waals surface area contributed by atoms with E-state index in [2.05, 4.69) is 19.2 Å². The van der Waals surface area contributed by atoms with E-state index in [1.165, 1.54) is 0 Å². The second kappa shape index (κ2) is 10.3. The van der Waals surface area contributed by atoms with Crippen molar-refractivity contribution in [2.75, 3.05) is 13.2 Å². The van der Waals surface area contributed by atoms with Crippen LogP contribution in [0.15, 0.2) is 47.4 Å². The Kier molecular flexibility index (Phi) is 8.04. The summed E-state index contributed by atoms with van der Waals surface area (Å²) in [5.74, 6) is 1.35. The Balaban J connectivity index is 2.18. The van der Waals surface area contributed by atoms with E-state index in [-0.39, 0.29) is 11.9 Å². The van der Waals surface area contributed by atoms with Crippen LogP contribution in [0.2, 0.25) is 0 Å². The molecule has 1 atom stereocenters. The van der Waals surface area contributed by atoms with E-state index in [0.29, 0.717) is 29.8 Å². The standard InChI is InChI=1S/C22H29NO3S/c1-6-25-19-13-12-17(14-20(19)26-7-2)16(5)23-22(24)18-10-8-9-11-21(18)27-15(3)4/h8-16H,6-7H2,1-5H3,(H,23,24). The highest BCUT2D eigenvalue weighted by molar-refractivity contribution is 8.00. The van der Waals surface area contributed by atoms with E-state index in [1.807, 2.05) is 63.2 Å². The average molecular weight is 388 g/mol. The van der Waals surface area contributed by atoms with Gasteiger partial charge in [0.1, 0.15) is 0 Å².